The molecule has 2 amide bonds. The summed E-state index contributed by atoms with van der Waals surface area (Å²) in [7, 11) is 1.60. The summed E-state index contributed by atoms with van der Waals surface area (Å²) >= 11 is 0. The van der Waals surface area contributed by atoms with E-state index in [1.165, 1.54) is 17.7 Å². The van der Waals surface area contributed by atoms with E-state index in [9.17, 15) is 22.8 Å². The summed E-state index contributed by atoms with van der Waals surface area (Å²) in [6, 6.07) is 8.60. The maximum absolute atomic E-state index is 12.8. The van der Waals surface area contributed by atoms with Crippen molar-refractivity contribution in [3.05, 3.63) is 59.3 Å². The van der Waals surface area contributed by atoms with Gasteiger partial charge in [-0.2, -0.15) is 13.2 Å². The number of hydrogen-bond donors (Lipinski definition) is 2. The lowest BCUT2D eigenvalue weighted by Gasteiger charge is -2.46. The van der Waals surface area contributed by atoms with Crippen molar-refractivity contribution < 1.29 is 27.5 Å². The number of alkyl halides is 3. The molecule has 1 saturated heterocycles. The van der Waals surface area contributed by atoms with Crippen LogP contribution >= 0.6 is 0 Å². The monoisotopic (exact) mass is 490 g/mol. The molecule has 2 aliphatic rings. The Morgan fingerprint density at radius 3 is 2.49 bits per heavy atom. The van der Waals surface area contributed by atoms with Crippen LogP contribution in [0.3, 0.4) is 0 Å². The fourth-order valence-corrected chi connectivity index (χ4v) is 4.81. The summed E-state index contributed by atoms with van der Waals surface area (Å²) in [4.78, 5) is 31.0. The van der Waals surface area contributed by atoms with Gasteiger partial charge in [-0.3, -0.25) is 14.5 Å². The molecular weight excluding hydrogens is 461 g/mol. The SMILES string of the molecule is COc1ccc([C@H]2CC[C@@H](N3CC(NC(=O)CNC(=O)c4cccc(C(F)(F)F)c4)C3)CC2)cn1. The highest BCUT2D eigenvalue weighted by Crippen LogP contribution is 2.36. The van der Waals surface area contributed by atoms with Crippen LogP contribution in [0.5, 0.6) is 5.88 Å². The lowest BCUT2D eigenvalue weighted by molar-refractivity contribution is -0.137. The Bertz CT molecular complexity index is 1030. The molecule has 0 unspecified atom stereocenters. The van der Waals surface area contributed by atoms with Crippen LogP contribution in [0.25, 0.3) is 0 Å². The fraction of sp³-hybridized carbons (Fsp3) is 0.480. The second kappa shape index (κ2) is 10.6. The molecule has 0 atom stereocenters. The number of halogens is 3. The van der Waals surface area contributed by atoms with Gasteiger partial charge in [0.1, 0.15) is 0 Å². The molecule has 10 heteroatoms. The van der Waals surface area contributed by atoms with E-state index in [4.69, 9.17) is 4.74 Å². The van der Waals surface area contributed by atoms with E-state index in [-0.39, 0.29) is 24.1 Å². The van der Waals surface area contributed by atoms with Crippen LogP contribution in [0.4, 0.5) is 13.2 Å². The number of amides is 2. The third kappa shape index (κ3) is 6.30. The predicted molar refractivity (Wildman–Crippen MR) is 123 cm³/mol. The Labute approximate surface area is 202 Å². The summed E-state index contributed by atoms with van der Waals surface area (Å²) in [5.41, 5.74) is 0.201. The molecule has 0 radical (unpaired) electrons. The molecule has 7 nitrogen and oxygen atoms in total. The van der Waals surface area contributed by atoms with Gasteiger partial charge in [-0.25, -0.2) is 4.98 Å². The van der Waals surface area contributed by atoms with Gasteiger partial charge in [0, 0.05) is 37.0 Å². The fourth-order valence-electron chi connectivity index (χ4n) is 4.81. The molecule has 1 aliphatic carbocycles. The largest absolute Gasteiger partial charge is 0.481 e. The number of methoxy groups -OCH3 is 1. The highest BCUT2D eigenvalue weighted by Gasteiger charge is 2.35. The molecule has 188 valence electrons. The standard InChI is InChI=1S/C25H29F3N4O3/c1-35-23-10-7-18(12-29-23)16-5-8-21(9-6-16)32-14-20(15-32)31-22(33)13-30-24(34)17-3-2-4-19(11-17)25(26,27)28/h2-4,7,10-12,16,20-21H,5-6,8-9,13-15H2,1H3,(H,30,34)(H,31,33)/t16-,21+. The van der Waals surface area contributed by atoms with Crippen LogP contribution in [-0.4, -0.2) is 60.5 Å². The highest BCUT2D eigenvalue weighted by atomic mass is 19.4. The van der Waals surface area contributed by atoms with Gasteiger partial charge in [-0.15, -0.1) is 0 Å². The van der Waals surface area contributed by atoms with Crippen molar-refractivity contribution in [1.82, 2.24) is 20.5 Å². The molecule has 1 aliphatic heterocycles. The molecule has 2 N–H and O–H groups in total. The molecule has 2 heterocycles. The third-order valence-electron chi connectivity index (χ3n) is 6.79. The number of pyridine rings is 1. The van der Waals surface area contributed by atoms with E-state index in [1.54, 1.807) is 7.11 Å². The summed E-state index contributed by atoms with van der Waals surface area (Å²) in [5.74, 6) is 0.0455. The topological polar surface area (TPSA) is 83.6 Å². The van der Waals surface area contributed by atoms with Gasteiger partial charge in [0.2, 0.25) is 11.8 Å². The second-order valence-electron chi connectivity index (χ2n) is 9.12. The first-order valence-electron chi connectivity index (χ1n) is 11.7. The van der Waals surface area contributed by atoms with E-state index < -0.39 is 17.6 Å². The van der Waals surface area contributed by atoms with E-state index >= 15 is 0 Å². The van der Waals surface area contributed by atoms with E-state index in [2.05, 4.69) is 26.6 Å². The first kappa shape index (κ1) is 25.0. The molecule has 2 fully saturated rings. The minimum atomic E-state index is -4.53. The van der Waals surface area contributed by atoms with Crippen LogP contribution < -0.4 is 15.4 Å². The number of carbonyl (C=O) groups excluding carboxylic acids is 2. The first-order valence-corrected chi connectivity index (χ1v) is 11.7. The van der Waals surface area contributed by atoms with Gasteiger partial charge in [-0.1, -0.05) is 12.1 Å². The van der Waals surface area contributed by atoms with Gasteiger partial charge < -0.3 is 15.4 Å². The van der Waals surface area contributed by atoms with Crippen molar-refractivity contribution in [2.24, 2.45) is 0 Å². The maximum Gasteiger partial charge on any atom is 0.416 e. The van der Waals surface area contributed by atoms with Crippen molar-refractivity contribution >= 4 is 11.8 Å². The predicted octanol–water partition coefficient (Wildman–Crippen LogP) is 3.37. The van der Waals surface area contributed by atoms with E-state index in [0.717, 1.165) is 50.9 Å². The summed E-state index contributed by atoms with van der Waals surface area (Å²) in [6.07, 6.45) is 1.72. The maximum atomic E-state index is 12.8. The Kier molecular flexibility index (Phi) is 7.59. The summed E-state index contributed by atoms with van der Waals surface area (Å²) in [6.45, 7) is 1.23. The number of rotatable bonds is 7. The molecule has 0 spiro atoms. The van der Waals surface area contributed by atoms with Crippen molar-refractivity contribution in [3.8, 4) is 5.88 Å². The first-order chi connectivity index (χ1) is 16.7. The number of nitrogens with one attached hydrogen (secondary N) is 2. The Morgan fingerprint density at radius 2 is 1.86 bits per heavy atom. The smallest absolute Gasteiger partial charge is 0.416 e. The van der Waals surface area contributed by atoms with Gasteiger partial charge in [0.25, 0.3) is 5.91 Å². The van der Waals surface area contributed by atoms with Gasteiger partial charge in [-0.05, 0) is 55.4 Å². The van der Waals surface area contributed by atoms with Crippen LogP contribution in [0.1, 0.15) is 53.1 Å². The Hall–Kier alpha value is -3.14. The highest BCUT2D eigenvalue weighted by molar-refractivity contribution is 5.96. The third-order valence-corrected chi connectivity index (χ3v) is 6.79. The normalized spacial score (nSPS) is 21.1. The van der Waals surface area contributed by atoms with Crippen molar-refractivity contribution in [3.63, 3.8) is 0 Å². The number of hydrogen-bond acceptors (Lipinski definition) is 5. The van der Waals surface area contributed by atoms with Crippen LogP contribution in [0.2, 0.25) is 0 Å². The Balaban J connectivity index is 1.15. The minimum absolute atomic E-state index is 0.0106. The molecule has 1 aromatic heterocycles. The van der Waals surface area contributed by atoms with Crippen molar-refractivity contribution in [1.29, 1.82) is 0 Å². The lowest BCUT2D eigenvalue weighted by Crippen LogP contribution is -2.63. The van der Waals surface area contributed by atoms with Crippen LogP contribution in [-0.2, 0) is 11.0 Å². The van der Waals surface area contributed by atoms with Gasteiger partial charge in [0.05, 0.1) is 25.3 Å². The quantitative estimate of drug-likeness (QED) is 0.622. The number of aromatic nitrogens is 1. The van der Waals surface area contributed by atoms with Crippen LogP contribution in [0.15, 0.2) is 42.6 Å². The molecule has 0 bridgehead atoms. The zero-order chi connectivity index (χ0) is 25.0. The molecular formula is C25H29F3N4O3. The van der Waals surface area contributed by atoms with Gasteiger partial charge >= 0.3 is 6.18 Å². The Morgan fingerprint density at radius 1 is 1.11 bits per heavy atom. The van der Waals surface area contributed by atoms with Crippen LogP contribution in [0, 0.1) is 0 Å². The van der Waals surface area contributed by atoms with E-state index in [0.29, 0.717) is 17.8 Å². The molecule has 1 saturated carbocycles. The molecule has 2 aromatic rings. The lowest BCUT2D eigenvalue weighted by atomic mass is 9.81. The minimum Gasteiger partial charge on any atom is -0.481 e. The molecule has 1 aromatic carbocycles. The number of benzene rings is 1. The average molecular weight is 491 g/mol. The van der Waals surface area contributed by atoms with E-state index in [1.807, 2.05) is 12.3 Å². The molecule has 35 heavy (non-hydrogen) atoms. The average Bonchev–Trinajstić information content (AvgIpc) is 2.84. The summed E-state index contributed by atoms with van der Waals surface area (Å²) in [5, 5.41) is 5.27. The number of ether oxygens (including phenoxy) is 1. The number of likely N-dealkylation sites (tertiary alicyclic amines) is 1. The van der Waals surface area contributed by atoms with Crippen molar-refractivity contribution in [2.45, 2.75) is 49.9 Å². The number of carbonyl (C=O) groups is 2. The summed E-state index contributed by atoms with van der Waals surface area (Å²) < 4.78 is 43.6. The zero-order valence-corrected chi connectivity index (χ0v) is 19.5. The molecule has 4 rings (SSSR count). The van der Waals surface area contributed by atoms with Gasteiger partial charge in [0.15, 0.2) is 0 Å². The van der Waals surface area contributed by atoms with Crippen molar-refractivity contribution in [2.75, 3.05) is 26.7 Å². The zero-order valence-electron chi connectivity index (χ0n) is 19.5. The number of nitrogens with zero attached hydrogens (tertiary/aromatic N) is 2. The second-order valence-corrected chi connectivity index (χ2v) is 9.12.